The quantitative estimate of drug-likeness (QED) is 0.891. The number of aliphatic hydroxyl groups excluding tert-OH is 1. The first-order valence-corrected chi connectivity index (χ1v) is 8.85. The van der Waals surface area contributed by atoms with Gasteiger partial charge in [0.15, 0.2) is 0 Å². The van der Waals surface area contributed by atoms with Gasteiger partial charge in [-0.25, -0.2) is 0 Å². The first-order chi connectivity index (χ1) is 11.2. The maximum Gasteiger partial charge on any atom is 0.117 e. The lowest BCUT2D eigenvalue weighted by molar-refractivity contribution is -0.760. The van der Waals surface area contributed by atoms with Gasteiger partial charge in [-0.05, 0) is 6.42 Å². The van der Waals surface area contributed by atoms with E-state index in [1.807, 2.05) is 0 Å². The second-order valence-corrected chi connectivity index (χ2v) is 6.87. The third kappa shape index (κ3) is 3.34. The Hall–Kier alpha value is -1.64. The van der Waals surface area contributed by atoms with E-state index in [0.29, 0.717) is 18.0 Å². The van der Waals surface area contributed by atoms with Crippen LogP contribution >= 0.6 is 0 Å². The Balaban J connectivity index is 1.94. The fraction of sp³-hybridized carbons (Fsp3) is 0.429. The second-order valence-electron chi connectivity index (χ2n) is 6.87. The van der Waals surface area contributed by atoms with Crippen LogP contribution in [0.5, 0.6) is 0 Å². The normalized spacial score (nSPS) is 31.0. The molecule has 2 nitrogen and oxygen atoms in total. The first kappa shape index (κ1) is 16.2. The molecule has 0 aliphatic carbocycles. The van der Waals surface area contributed by atoms with Crippen LogP contribution in [0, 0.1) is 11.8 Å². The van der Waals surface area contributed by atoms with Crippen LogP contribution in [0.25, 0.3) is 0 Å². The van der Waals surface area contributed by atoms with E-state index in [-0.39, 0.29) is 12.0 Å². The van der Waals surface area contributed by atoms with Crippen LogP contribution in [0.3, 0.4) is 0 Å². The van der Waals surface area contributed by atoms with Crippen LogP contribution in [0.15, 0.2) is 60.7 Å². The van der Waals surface area contributed by atoms with E-state index in [1.54, 1.807) is 0 Å². The van der Waals surface area contributed by atoms with Gasteiger partial charge in [0.2, 0.25) is 0 Å². The van der Waals surface area contributed by atoms with Crippen LogP contribution in [-0.4, -0.2) is 11.2 Å². The zero-order valence-corrected chi connectivity index (χ0v) is 14.1. The Kier molecular flexibility index (Phi) is 5.14. The number of piperidine rings is 1. The van der Waals surface area contributed by atoms with E-state index in [4.69, 9.17) is 0 Å². The van der Waals surface area contributed by atoms with E-state index in [2.05, 4.69) is 79.8 Å². The van der Waals surface area contributed by atoms with Gasteiger partial charge in [0.05, 0.1) is 6.10 Å². The Bertz CT molecular complexity index is 598. The molecule has 1 aliphatic rings. The number of quaternary nitrogens is 1. The SMILES string of the molecule is CCC[C@H]1[C@@H](O)[C@@H](C)[C@@H](c2ccccc2)[NH2+][C@H]1c1ccccc1. The minimum atomic E-state index is -0.254. The summed E-state index contributed by atoms with van der Waals surface area (Å²) in [7, 11) is 0. The van der Waals surface area contributed by atoms with Crippen molar-refractivity contribution < 1.29 is 10.4 Å². The molecule has 1 aliphatic heterocycles. The third-order valence-electron chi connectivity index (χ3n) is 5.41. The molecule has 0 saturated carbocycles. The number of aliphatic hydroxyl groups is 1. The van der Waals surface area contributed by atoms with E-state index in [9.17, 15) is 5.11 Å². The van der Waals surface area contributed by atoms with Crippen molar-refractivity contribution in [1.29, 1.82) is 0 Å². The average Bonchev–Trinajstić information content (AvgIpc) is 2.61. The average molecular weight is 310 g/mol. The van der Waals surface area contributed by atoms with Crippen molar-refractivity contribution in [1.82, 2.24) is 0 Å². The van der Waals surface area contributed by atoms with Gasteiger partial charge in [0, 0.05) is 23.0 Å². The second kappa shape index (κ2) is 7.29. The molecular formula is C21H28NO+. The number of hydrogen-bond donors (Lipinski definition) is 2. The fourth-order valence-electron chi connectivity index (χ4n) is 4.16. The number of rotatable bonds is 4. The lowest BCUT2D eigenvalue weighted by atomic mass is 9.72. The highest BCUT2D eigenvalue weighted by molar-refractivity contribution is 5.22. The van der Waals surface area contributed by atoms with Gasteiger partial charge in [0.25, 0.3) is 0 Å². The van der Waals surface area contributed by atoms with Gasteiger partial charge in [-0.1, -0.05) is 80.9 Å². The number of benzene rings is 2. The van der Waals surface area contributed by atoms with Gasteiger partial charge in [-0.2, -0.15) is 0 Å². The van der Waals surface area contributed by atoms with Gasteiger partial charge in [-0.15, -0.1) is 0 Å². The topological polar surface area (TPSA) is 36.8 Å². The first-order valence-electron chi connectivity index (χ1n) is 8.85. The minimum Gasteiger partial charge on any atom is -0.392 e. The molecule has 3 rings (SSSR count). The van der Waals surface area contributed by atoms with E-state index >= 15 is 0 Å². The van der Waals surface area contributed by atoms with Crippen molar-refractivity contribution in [2.45, 2.75) is 44.9 Å². The predicted molar refractivity (Wildman–Crippen MR) is 93.9 cm³/mol. The zero-order valence-electron chi connectivity index (χ0n) is 14.1. The Labute approximate surface area is 139 Å². The molecule has 0 amide bonds. The van der Waals surface area contributed by atoms with Gasteiger partial charge < -0.3 is 10.4 Å². The summed E-state index contributed by atoms with van der Waals surface area (Å²) >= 11 is 0. The molecule has 1 fully saturated rings. The molecule has 0 unspecified atom stereocenters. The molecular weight excluding hydrogens is 282 g/mol. The lowest BCUT2D eigenvalue weighted by Gasteiger charge is -2.42. The lowest BCUT2D eigenvalue weighted by Crippen LogP contribution is -2.92. The molecule has 1 heterocycles. The molecule has 0 aromatic heterocycles. The highest BCUT2D eigenvalue weighted by atomic mass is 16.3. The molecule has 2 aromatic rings. The standard InChI is InChI=1S/C21H27NO/c1-3-10-18-20(17-13-8-5-9-14-17)22-19(15(2)21(18)23)16-11-6-4-7-12-16/h4-9,11-15,18-23H,3,10H2,1-2H3/p+1/t15-,18+,19-,20-,21-/m0/s1. The summed E-state index contributed by atoms with van der Waals surface area (Å²) in [5.41, 5.74) is 2.65. The van der Waals surface area contributed by atoms with Gasteiger partial charge >= 0.3 is 0 Å². The Morgan fingerprint density at radius 2 is 1.39 bits per heavy atom. The molecule has 0 spiro atoms. The molecule has 0 bridgehead atoms. The van der Waals surface area contributed by atoms with Crippen molar-refractivity contribution in [3.63, 3.8) is 0 Å². The zero-order chi connectivity index (χ0) is 16.2. The van der Waals surface area contributed by atoms with Gasteiger partial charge in [0.1, 0.15) is 12.1 Å². The van der Waals surface area contributed by atoms with Crippen LogP contribution in [0.2, 0.25) is 0 Å². The van der Waals surface area contributed by atoms with Crippen LogP contribution in [0.1, 0.15) is 49.9 Å². The smallest absolute Gasteiger partial charge is 0.117 e. The largest absolute Gasteiger partial charge is 0.392 e. The number of hydrogen-bond acceptors (Lipinski definition) is 1. The van der Waals surface area contributed by atoms with Crippen molar-refractivity contribution in [3.05, 3.63) is 71.8 Å². The number of nitrogens with two attached hydrogens (primary N) is 1. The fourth-order valence-corrected chi connectivity index (χ4v) is 4.16. The van der Waals surface area contributed by atoms with E-state index < -0.39 is 0 Å². The summed E-state index contributed by atoms with van der Waals surface area (Å²) in [6, 6.07) is 21.9. The summed E-state index contributed by atoms with van der Waals surface area (Å²) in [5, 5.41) is 13.5. The molecule has 2 heteroatoms. The van der Waals surface area contributed by atoms with E-state index in [1.165, 1.54) is 11.1 Å². The van der Waals surface area contributed by atoms with Crippen molar-refractivity contribution in [3.8, 4) is 0 Å². The Morgan fingerprint density at radius 1 is 0.870 bits per heavy atom. The van der Waals surface area contributed by atoms with Crippen molar-refractivity contribution in [2.75, 3.05) is 0 Å². The summed E-state index contributed by atoms with van der Waals surface area (Å²) in [4.78, 5) is 0. The molecule has 122 valence electrons. The molecule has 0 radical (unpaired) electrons. The van der Waals surface area contributed by atoms with Crippen LogP contribution < -0.4 is 5.32 Å². The Morgan fingerprint density at radius 3 is 1.91 bits per heavy atom. The van der Waals surface area contributed by atoms with Crippen LogP contribution in [0.4, 0.5) is 0 Å². The summed E-state index contributed by atoms with van der Waals surface area (Å²) in [6.07, 6.45) is 1.93. The van der Waals surface area contributed by atoms with Crippen molar-refractivity contribution >= 4 is 0 Å². The molecule has 3 N–H and O–H groups in total. The maximum absolute atomic E-state index is 11.0. The monoisotopic (exact) mass is 310 g/mol. The maximum atomic E-state index is 11.0. The highest BCUT2D eigenvalue weighted by Gasteiger charge is 2.45. The predicted octanol–water partition coefficient (Wildman–Crippen LogP) is 3.46. The highest BCUT2D eigenvalue weighted by Crippen LogP contribution is 2.37. The van der Waals surface area contributed by atoms with Crippen molar-refractivity contribution in [2.24, 2.45) is 11.8 Å². The molecule has 5 atom stereocenters. The van der Waals surface area contributed by atoms with Gasteiger partial charge in [-0.3, -0.25) is 0 Å². The minimum absolute atomic E-state index is 0.254. The summed E-state index contributed by atoms with van der Waals surface area (Å²) in [6.45, 7) is 4.41. The third-order valence-corrected chi connectivity index (χ3v) is 5.41. The van der Waals surface area contributed by atoms with E-state index in [0.717, 1.165) is 12.8 Å². The summed E-state index contributed by atoms with van der Waals surface area (Å²) in [5.74, 6) is 0.575. The van der Waals surface area contributed by atoms with Crippen LogP contribution in [-0.2, 0) is 0 Å². The molecule has 23 heavy (non-hydrogen) atoms. The molecule has 1 saturated heterocycles. The molecule has 2 aromatic carbocycles. The summed E-state index contributed by atoms with van der Waals surface area (Å²) < 4.78 is 0.